The van der Waals surface area contributed by atoms with Gasteiger partial charge < -0.3 is 19.4 Å². The summed E-state index contributed by atoms with van der Waals surface area (Å²) in [6, 6.07) is 21.3. The molecule has 2 aromatic heterocycles. The predicted octanol–water partition coefficient (Wildman–Crippen LogP) is 6.43. The smallest absolute Gasteiger partial charge is 0.174 e. The predicted molar refractivity (Wildman–Crippen MR) is 133 cm³/mol. The summed E-state index contributed by atoms with van der Waals surface area (Å²) in [5.41, 5.74) is 2.06. The van der Waals surface area contributed by atoms with Crippen LogP contribution < -0.4 is 15.0 Å². The molecule has 0 radical (unpaired) electrons. The van der Waals surface area contributed by atoms with Gasteiger partial charge in [0.05, 0.1) is 24.4 Å². The van der Waals surface area contributed by atoms with Gasteiger partial charge >= 0.3 is 0 Å². The Kier molecular flexibility index (Phi) is 5.86. The largest absolute Gasteiger partial charge is 0.497 e. The molecular formula is C25H19BrFN3O2S. The van der Waals surface area contributed by atoms with Crippen LogP contribution in [0.5, 0.6) is 5.75 Å². The van der Waals surface area contributed by atoms with Gasteiger partial charge in [0, 0.05) is 22.4 Å². The summed E-state index contributed by atoms with van der Waals surface area (Å²) in [5, 5.41) is 3.93. The number of halogens is 2. The Morgan fingerprint density at radius 1 is 1.09 bits per heavy atom. The number of thiocarbonyl (C=S) groups is 1. The van der Waals surface area contributed by atoms with Gasteiger partial charge in [-0.05, 0) is 66.8 Å². The van der Waals surface area contributed by atoms with Crippen molar-refractivity contribution in [2.45, 2.75) is 12.1 Å². The van der Waals surface area contributed by atoms with Gasteiger partial charge in [-0.25, -0.2) is 4.39 Å². The maximum absolute atomic E-state index is 14.6. The number of nitrogens with zero attached hydrogens (tertiary/aromatic N) is 2. The van der Waals surface area contributed by atoms with Gasteiger partial charge in [-0.1, -0.05) is 28.1 Å². The number of hydrogen-bond donors (Lipinski definition) is 1. The molecule has 0 unspecified atom stereocenters. The Labute approximate surface area is 204 Å². The molecular weight excluding hydrogens is 505 g/mol. The molecule has 8 heteroatoms. The van der Waals surface area contributed by atoms with Crippen molar-refractivity contribution in [2.24, 2.45) is 0 Å². The van der Waals surface area contributed by atoms with Gasteiger partial charge in [0.15, 0.2) is 5.11 Å². The van der Waals surface area contributed by atoms with Gasteiger partial charge in [-0.2, -0.15) is 0 Å². The van der Waals surface area contributed by atoms with E-state index in [4.69, 9.17) is 21.4 Å². The number of hydrogen-bond acceptors (Lipinski definition) is 4. The molecule has 1 aliphatic rings. The van der Waals surface area contributed by atoms with E-state index in [9.17, 15) is 4.39 Å². The van der Waals surface area contributed by atoms with Gasteiger partial charge in [0.1, 0.15) is 29.1 Å². The highest BCUT2D eigenvalue weighted by Crippen LogP contribution is 2.43. The summed E-state index contributed by atoms with van der Waals surface area (Å²) in [4.78, 5) is 6.53. The molecule has 0 aliphatic carbocycles. The van der Waals surface area contributed by atoms with E-state index in [0.717, 1.165) is 11.4 Å². The molecule has 0 saturated carbocycles. The lowest BCUT2D eigenvalue weighted by Gasteiger charge is -2.26. The summed E-state index contributed by atoms with van der Waals surface area (Å²) >= 11 is 9.03. The zero-order chi connectivity index (χ0) is 22.9. The van der Waals surface area contributed by atoms with Crippen LogP contribution in [0.4, 0.5) is 10.1 Å². The van der Waals surface area contributed by atoms with Crippen molar-refractivity contribution in [3.05, 3.63) is 101 Å². The van der Waals surface area contributed by atoms with Crippen LogP contribution in [-0.4, -0.2) is 17.2 Å². The first-order valence-corrected chi connectivity index (χ1v) is 11.4. The van der Waals surface area contributed by atoms with Gasteiger partial charge in [0.25, 0.3) is 0 Å². The molecule has 1 N–H and O–H groups in total. The van der Waals surface area contributed by atoms with Crippen LogP contribution in [0.2, 0.25) is 0 Å². The Hall–Kier alpha value is -3.23. The summed E-state index contributed by atoms with van der Waals surface area (Å²) in [7, 11) is 1.62. The zero-order valence-electron chi connectivity index (χ0n) is 17.5. The van der Waals surface area contributed by atoms with E-state index in [-0.39, 0.29) is 17.9 Å². The normalized spacial score (nSPS) is 17.8. The first-order valence-electron chi connectivity index (χ1n) is 10.2. The molecule has 5 rings (SSSR count). The number of methoxy groups -OCH3 is 1. The monoisotopic (exact) mass is 523 g/mol. The lowest BCUT2D eigenvalue weighted by atomic mass is 10.0. The third kappa shape index (κ3) is 4.12. The van der Waals surface area contributed by atoms with Crippen LogP contribution in [0.1, 0.15) is 23.5 Å². The summed E-state index contributed by atoms with van der Waals surface area (Å²) in [6.45, 7) is 0. The maximum atomic E-state index is 14.6. The van der Waals surface area contributed by atoms with E-state index in [2.05, 4.69) is 26.2 Å². The number of aromatic nitrogens is 1. The Bertz CT molecular complexity index is 1310. The second-order valence-corrected chi connectivity index (χ2v) is 8.83. The summed E-state index contributed by atoms with van der Waals surface area (Å²) in [5.74, 6) is 1.43. The third-order valence-electron chi connectivity index (χ3n) is 5.54. The molecule has 5 nitrogen and oxygen atoms in total. The van der Waals surface area contributed by atoms with E-state index >= 15 is 0 Å². The lowest BCUT2D eigenvalue weighted by Crippen LogP contribution is -2.29. The minimum absolute atomic E-state index is 0.265. The number of benzene rings is 2. The highest BCUT2D eigenvalue weighted by molar-refractivity contribution is 9.10. The number of furan rings is 1. The highest BCUT2D eigenvalue weighted by atomic mass is 79.9. The van der Waals surface area contributed by atoms with Gasteiger partial charge in [-0.15, -0.1) is 0 Å². The highest BCUT2D eigenvalue weighted by Gasteiger charge is 2.42. The summed E-state index contributed by atoms with van der Waals surface area (Å²) < 4.78 is 26.9. The van der Waals surface area contributed by atoms with Gasteiger partial charge in [0.2, 0.25) is 0 Å². The molecule has 0 amide bonds. The molecule has 2 atom stereocenters. The maximum Gasteiger partial charge on any atom is 0.174 e. The van der Waals surface area contributed by atoms with Crippen LogP contribution >= 0.6 is 28.1 Å². The fourth-order valence-corrected chi connectivity index (χ4v) is 4.71. The molecule has 4 aromatic rings. The average molecular weight is 524 g/mol. The van der Waals surface area contributed by atoms with Crippen LogP contribution in [-0.2, 0) is 0 Å². The van der Waals surface area contributed by atoms with Crippen LogP contribution in [0, 0.1) is 5.82 Å². The molecule has 2 aromatic carbocycles. The van der Waals surface area contributed by atoms with Crippen LogP contribution in [0.3, 0.4) is 0 Å². The Morgan fingerprint density at radius 3 is 2.73 bits per heavy atom. The van der Waals surface area contributed by atoms with E-state index in [1.165, 1.54) is 6.07 Å². The van der Waals surface area contributed by atoms with Crippen molar-refractivity contribution in [2.75, 3.05) is 12.0 Å². The molecule has 1 aliphatic heterocycles. The van der Waals surface area contributed by atoms with Crippen molar-refractivity contribution < 1.29 is 13.5 Å². The van der Waals surface area contributed by atoms with E-state index in [0.29, 0.717) is 32.4 Å². The molecule has 1 saturated heterocycles. The molecule has 166 valence electrons. The van der Waals surface area contributed by atoms with Crippen LogP contribution in [0.15, 0.2) is 87.9 Å². The van der Waals surface area contributed by atoms with Gasteiger partial charge in [-0.3, -0.25) is 4.98 Å². The first-order chi connectivity index (χ1) is 16.0. The number of pyridine rings is 1. The lowest BCUT2D eigenvalue weighted by molar-refractivity contribution is 0.414. The van der Waals surface area contributed by atoms with Crippen molar-refractivity contribution >= 4 is 38.9 Å². The first kappa shape index (κ1) is 21.6. The SMILES string of the molecule is COc1cccc(N2C(=S)N[C@H](c3ccccn3)[C@H]2c2ccc(-c3ccc(Br)cc3F)o2)c1. The average Bonchev–Trinajstić information content (AvgIpc) is 3.44. The number of anilines is 1. The second-order valence-electron chi connectivity index (χ2n) is 7.52. The quantitative estimate of drug-likeness (QED) is 0.304. The number of rotatable bonds is 5. The second kappa shape index (κ2) is 8.96. The summed E-state index contributed by atoms with van der Waals surface area (Å²) in [6.07, 6.45) is 1.75. The molecule has 1 fully saturated rings. The van der Waals surface area contributed by atoms with E-state index < -0.39 is 0 Å². The Balaban J connectivity index is 1.61. The minimum atomic E-state index is -0.365. The fraction of sp³-hybridized carbons (Fsp3) is 0.120. The standard InChI is InChI=1S/C25H19BrFN3O2S/c1-31-17-6-4-5-16(14-17)30-24(23(29-25(30)33)20-7-2-3-12-28-20)22-11-10-21(32-22)18-9-8-15(26)13-19(18)27/h2-14,23-24H,1H3,(H,29,33)/t23-,24-/m1/s1. The van der Waals surface area contributed by atoms with E-state index in [1.807, 2.05) is 53.4 Å². The van der Waals surface area contributed by atoms with Crippen molar-refractivity contribution in [3.63, 3.8) is 0 Å². The third-order valence-corrected chi connectivity index (χ3v) is 6.35. The van der Waals surface area contributed by atoms with E-state index in [1.54, 1.807) is 31.5 Å². The Morgan fingerprint density at radius 2 is 1.97 bits per heavy atom. The van der Waals surface area contributed by atoms with Crippen molar-refractivity contribution in [3.8, 4) is 17.1 Å². The topological polar surface area (TPSA) is 50.5 Å². The molecule has 0 spiro atoms. The fourth-order valence-electron chi connectivity index (χ4n) is 4.03. The zero-order valence-corrected chi connectivity index (χ0v) is 19.9. The number of nitrogens with one attached hydrogen (secondary N) is 1. The van der Waals surface area contributed by atoms with Crippen molar-refractivity contribution in [1.29, 1.82) is 0 Å². The van der Waals surface area contributed by atoms with Crippen molar-refractivity contribution in [1.82, 2.24) is 10.3 Å². The van der Waals surface area contributed by atoms with Crippen LogP contribution in [0.25, 0.3) is 11.3 Å². The molecule has 0 bridgehead atoms. The molecule has 3 heterocycles. The minimum Gasteiger partial charge on any atom is -0.497 e. The number of ether oxygens (including phenoxy) is 1. The molecule has 33 heavy (non-hydrogen) atoms.